The van der Waals surface area contributed by atoms with Crippen LogP contribution >= 0.6 is 23.2 Å². The van der Waals surface area contributed by atoms with Crippen molar-refractivity contribution in [2.24, 2.45) is 0 Å². The van der Waals surface area contributed by atoms with E-state index in [9.17, 15) is 9.18 Å². The van der Waals surface area contributed by atoms with Gasteiger partial charge in [0.25, 0.3) is 5.56 Å². The zero-order valence-corrected chi connectivity index (χ0v) is 13.6. The molecule has 23 heavy (non-hydrogen) atoms. The smallest absolute Gasteiger partial charge is 0.269 e. The lowest BCUT2D eigenvalue weighted by molar-refractivity contribution is 0.628. The van der Waals surface area contributed by atoms with E-state index in [2.05, 4.69) is 5.10 Å². The maximum atomic E-state index is 13.2. The molecule has 7 heteroatoms. The van der Waals surface area contributed by atoms with Crippen molar-refractivity contribution >= 4 is 23.2 Å². The van der Waals surface area contributed by atoms with Crippen LogP contribution < -0.4 is 5.56 Å². The standard InChI is InChI=1S/C16H12Cl2FN3O/c1-2-21-15(10-3-5-11(19)6-4-10)13(9-12(17)16(21)23)22-14(18)7-8-20-22/h3-9H,2H2,1H3. The SMILES string of the molecule is CCn1c(-c2ccc(F)cc2)c(-n2nccc2Cl)cc(Cl)c1=O. The second-order valence-electron chi connectivity index (χ2n) is 4.85. The highest BCUT2D eigenvalue weighted by Crippen LogP contribution is 2.29. The molecule has 118 valence electrons. The lowest BCUT2D eigenvalue weighted by Gasteiger charge is -2.17. The van der Waals surface area contributed by atoms with Gasteiger partial charge in [-0.15, -0.1) is 0 Å². The Kier molecular flexibility index (Phi) is 4.24. The van der Waals surface area contributed by atoms with Crippen LogP contribution in [0.15, 0.2) is 47.4 Å². The van der Waals surface area contributed by atoms with Gasteiger partial charge in [0, 0.05) is 12.1 Å². The molecule has 0 saturated carbocycles. The summed E-state index contributed by atoms with van der Waals surface area (Å²) in [5.41, 5.74) is 1.48. The predicted molar refractivity (Wildman–Crippen MR) is 88.9 cm³/mol. The average molecular weight is 352 g/mol. The summed E-state index contributed by atoms with van der Waals surface area (Å²) in [6.07, 6.45) is 1.55. The van der Waals surface area contributed by atoms with Crippen molar-refractivity contribution in [1.82, 2.24) is 14.3 Å². The zero-order chi connectivity index (χ0) is 16.6. The Morgan fingerprint density at radius 2 is 1.87 bits per heavy atom. The molecule has 0 fully saturated rings. The van der Waals surface area contributed by atoms with E-state index in [1.165, 1.54) is 27.4 Å². The van der Waals surface area contributed by atoms with Crippen LogP contribution in [0.3, 0.4) is 0 Å². The molecular formula is C16H12Cl2FN3O. The van der Waals surface area contributed by atoms with Gasteiger partial charge in [-0.1, -0.05) is 23.2 Å². The van der Waals surface area contributed by atoms with Gasteiger partial charge >= 0.3 is 0 Å². The highest BCUT2D eigenvalue weighted by Gasteiger charge is 2.18. The highest BCUT2D eigenvalue weighted by atomic mass is 35.5. The molecule has 0 aliphatic carbocycles. The maximum Gasteiger partial charge on any atom is 0.269 e. The number of pyridine rings is 1. The minimum atomic E-state index is -0.355. The fraction of sp³-hybridized carbons (Fsp3) is 0.125. The van der Waals surface area contributed by atoms with Gasteiger partial charge in [0.05, 0.1) is 17.6 Å². The molecule has 0 unspecified atom stereocenters. The number of nitrogens with zero attached hydrogens (tertiary/aromatic N) is 3. The van der Waals surface area contributed by atoms with E-state index in [0.29, 0.717) is 28.6 Å². The van der Waals surface area contributed by atoms with E-state index < -0.39 is 0 Å². The summed E-state index contributed by atoms with van der Waals surface area (Å²) < 4.78 is 16.2. The number of halogens is 3. The Balaban J connectivity index is 2.39. The first kappa shape index (κ1) is 15.8. The van der Waals surface area contributed by atoms with Crippen molar-refractivity contribution in [3.8, 4) is 16.9 Å². The topological polar surface area (TPSA) is 39.8 Å². The molecule has 0 bridgehead atoms. The summed E-state index contributed by atoms with van der Waals surface area (Å²) in [5.74, 6) is -0.355. The monoisotopic (exact) mass is 351 g/mol. The van der Waals surface area contributed by atoms with Gasteiger partial charge in [0.1, 0.15) is 16.0 Å². The van der Waals surface area contributed by atoms with E-state index in [1.807, 2.05) is 6.92 Å². The molecule has 0 saturated heterocycles. The Hall–Kier alpha value is -2.11. The lowest BCUT2D eigenvalue weighted by atomic mass is 10.1. The molecular weight excluding hydrogens is 340 g/mol. The van der Waals surface area contributed by atoms with Crippen molar-refractivity contribution < 1.29 is 4.39 Å². The van der Waals surface area contributed by atoms with E-state index in [-0.39, 0.29) is 16.4 Å². The third-order valence-corrected chi connectivity index (χ3v) is 4.04. The van der Waals surface area contributed by atoms with Crippen molar-refractivity contribution in [2.75, 3.05) is 0 Å². The third kappa shape index (κ3) is 2.78. The number of rotatable bonds is 3. The summed E-state index contributed by atoms with van der Waals surface area (Å²) in [6.45, 7) is 2.23. The zero-order valence-electron chi connectivity index (χ0n) is 12.1. The first-order valence-corrected chi connectivity index (χ1v) is 7.67. The fourth-order valence-corrected chi connectivity index (χ4v) is 2.85. The van der Waals surface area contributed by atoms with Crippen LogP contribution in [-0.4, -0.2) is 14.3 Å². The van der Waals surface area contributed by atoms with Crippen LogP contribution in [0.5, 0.6) is 0 Å². The Bertz CT molecular complexity index is 916. The van der Waals surface area contributed by atoms with Crippen molar-refractivity contribution in [3.05, 3.63) is 68.9 Å². The summed E-state index contributed by atoms with van der Waals surface area (Å²) >= 11 is 12.2. The Labute approximate surface area is 141 Å². The second-order valence-corrected chi connectivity index (χ2v) is 5.64. The molecule has 4 nitrogen and oxygen atoms in total. The summed E-state index contributed by atoms with van der Waals surface area (Å²) in [4.78, 5) is 12.4. The minimum absolute atomic E-state index is 0.0688. The van der Waals surface area contributed by atoms with Crippen LogP contribution in [0.25, 0.3) is 16.9 Å². The van der Waals surface area contributed by atoms with Crippen molar-refractivity contribution in [1.29, 1.82) is 0 Å². The molecule has 1 aromatic carbocycles. The van der Waals surface area contributed by atoms with E-state index in [1.54, 1.807) is 24.4 Å². The van der Waals surface area contributed by atoms with Crippen LogP contribution in [0.4, 0.5) is 4.39 Å². The first-order chi connectivity index (χ1) is 11.0. The molecule has 0 amide bonds. The minimum Gasteiger partial charge on any atom is -0.305 e. The van der Waals surface area contributed by atoms with Crippen molar-refractivity contribution in [3.63, 3.8) is 0 Å². The highest BCUT2D eigenvalue weighted by molar-refractivity contribution is 6.31. The van der Waals surface area contributed by atoms with Gasteiger partial charge < -0.3 is 4.57 Å². The largest absolute Gasteiger partial charge is 0.305 e. The molecule has 3 aromatic rings. The quantitative estimate of drug-likeness (QED) is 0.710. The van der Waals surface area contributed by atoms with Gasteiger partial charge in [0.2, 0.25) is 0 Å². The Morgan fingerprint density at radius 3 is 2.43 bits per heavy atom. The normalized spacial score (nSPS) is 11.0. The van der Waals surface area contributed by atoms with Crippen LogP contribution in [-0.2, 0) is 6.54 Å². The lowest BCUT2D eigenvalue weighted by Crippen LogP contribution is -2.23. The molecule has 2 aromatic heterocycles. The summed E-state index contributed by atoms with van der Waals surface area (Å²) in [6, 6.07) is 9.03. The maximum absolute atomic E-state index is 13.2. The molecule has 0 spiro atoms. The molecule has 0 aliphatic heterocycles. The number of aromatic nitrogens is 3. The van der Waals surface area contributed by atoms with Crippen LogP contribution in [0, 0.1) is 5.82 Å². The van der Waals surface area contributed by atoms with Gasteiger partial charge in [-0.3, -0.25) is 4.79 Å². The number of benzene rings is 1. The van der Waals surface area contributed by atoms with Gasteiger partial charge in [-0.2, -0.15) is 5.10 Å². The average Bonchev–Trinajstić information content (AvgIpc) is 2.96. The third-order valence-electron chi connectivity index (χ3n) is 3.48. The van der Waals surface area contributed by atoms with Crippen molar-refractivity contribution in [2.45, 2.75) is 13.5 Å². The molecule has 0 N–H and O–H groups in total. The number of hydrogen-bond acceptors (Lipinski definition) is 2. The van der Waals surface area contributed by atoms with Crippen LogP contribution in [0.1, 0.15) is 6.92 Å². The van der Waals surface area contributed by atoms with E-state index >= 15 is 0 Å². The summed E-state index contributed by atoms with van der Waals surface area (Å²) in [7, 11) is 0. The summed E-state index contributed by atoms with van der Waals surface area (Å²) in [5, 5.41) is 4.62. The van der Waals surface area contributed by atoms with Gasteiger partial charge in [0.15, 0.2) is 0 Å². The molecule has 3 rings (SSSR count). The van der Waals surface area contributed by atoms with E-state index in [4.69, 9.17) is 23.2 Å². The molecule has 0 radical (unpaired) electrons. The fourth-order valence-electron chi connectivity index (χ4n) is 2.46. The molecule has 0 atom stereocenters. The Morgan fingerprint density at radius 1 is 1.17 bits per heavy atom. The molecule has 0 aliphatic rings. The first-order valence-electron chi connectivity index (χ1n) is 6.92. The number of hydrogen-bond donors (Lipinski definition) is 0. The van der Waals surface area contributed by atoms with Gasteiger partial charge in [-0.05, 0) is 43.3 Å². The molecule has 2 heterocycles. The van der Waals surface area contributed by atoms with Gasteiger partial charge in [-0.25, -0.2) is 9.07 Å². The second kappa shape index (κ2) is 6.18. The van der Waals surface area contributed by atoms with Crippen LogP contribution in [0.2, 0.25) is 10.2 Å². The van der Waals surface area contributed by atoms with E-state index in [0.717, 1.165) is 0 Å². The predicted octanol–water partition coefficient (Wildman–Crippen LogP) is 4.17.